The summed E-state index contributed by atoms with van der Waals surface area (Å²) in [5.74, 6) is 0.711. The average molecular weight is 466 g/mol. The lowest BCUT2D eigenvalue weighted by atomic mass is 9.88. The number of hydrogen-bond acceptors (Lipinski definition) is 4. The molecule has 6 heteroatoms. The van der Waals surface area contributed by atoms with Crippen LogP contribution in [0, 0.1) is 5.92 Å². The van der Waals surface area contributed by atoms with Crippen molar-refractivity contribution in [3.8, 4) is 22.7 Å². The summed E-state index contributed by atoms with van der Waals surface area (Å²) in [4.78, 5) is 28.5. The zero-order valence-corrected chi connectivity index (χ0v) is 19.6. The zero-order chi connectivity index (χ0) is 24.2. The number of ether oxygens (including phenoxy) is 1. The minimum atomic E-state index is -0.0897. The van der Waals surface area contributed by atoms with Crippen molar-refractivity contribution in [3.63, 3.8) is 0 Å². The lowest BCUT2D eigenvalue weighted by Gasteiger charge is -2.31. The molecular weight excluding hydrogens is 438 g/mol. The smallest absolute Gasteiger partial charge is 0.257 e. The number of carbonyl (C=O) groups is 2. The SMILES string of the molecule is COc1ccc(C(=O)C2CCN(C(=O)c3cn(-c4ccccc4)nc3-c3ccccc3)CC2)cc1. The van der Waals surface area contributed by atoms with Crippen molar-refractivity contribution in [3.05, 3.63) is 102 Å². The predicted molar refractivity (Wildman–Crippen MR) is 135 cm³/mol. The Morgan fingerprint density at radius 2 is 1.49 bits per heavy atom. The normalized spacial score (nSPS) is 14.0. The second-order valence-corrected chi connectivity index (χ2v) is 8.70. The van der Waals surface area contributed by atoms with Crippen LogP contribution in [0.3, 0.4) is 0 Å². The van der Waals surface area contributed by atoms with E-state index in [4.69, 9.17) is 9.84 Å². The maximum Gasteiger partial charge on any atom is 0.257 e. The number of Topliss-reactive ketones (excluding diaryl/α,β-unsaturated/α-hetero) is 1. The van der Waals surface area contributed by atoms with E-state index in [1.807, 2.05) is 83.9 Å². The molecule has 1 fully saturated rings. The highest BCUT2D eigenvalue weighted by Crippen LogP contribution is 2.28. The highest BCUT2D eigenvalue weighted by atomic mass is 16.5. The molecule has 1 amide bonds. The molecule has 0 saturated carbocycles. The largest absolute Gasteiger partial charge is 0.497 e. The number of nitrogens with zero attached hydrogens (tertiary/aromatic N) is 3. The number of rotatable bonds is 6. The maximum absolute atomic E-state index is 13.6. The molecule has 1 aliphatic heterocycles. The fraction of sp³-hybridized carbons (Fsp3) is 0.207. The van der Waals surface area contributed by atoms with Gasteiger partial charge in [-0.3, -0.25) is 9.59 Å². The molecule has 1 aromatic heterocycles. The molecule has 5 rings (SSSR count). The summed E-state index contributed by atoms with van der Waals surface area (Å²) in [7, 11) is 1.61. The molecule has 1 aliphatic rings. The van der Waals surface area contributed by atoms with Crippen LogP contribution >= 0.6 is 0 Å². The van der Waals surface area contributed by atoms with E-state index in [-0.39, 0.29) is 17.6 Å². The molecule has 35 heavy (non-hydrogen) atoms. The first-order valence-corrected chi connectivity index (χ1v) is 11.8. The highest BCUT2D eigenvalue weighted by Gasteiger charge is 2.30. The zero-order valence-electron chi connectivity index (χ0n) is 19.6. The molecule has 1 saturated heterocycles. The summed E-state index contributed by atoms with van der Waals surface area (Å²) in [6.07, 6.45) is 3.10. The van der Waals surface area contributed by atoms with Crippen LogP contribution in [0.5, 0.6) is 5.75 Å². The first-order valence-electron chi connectivity index (χ1n) is 11.8. The minimum absolute atomic E-state index is 0.0543. The summed E-state index contributed by atoms with van der Waals surface area (Å²) >= 11 is 0. The standard InChI is InChI=1S/C29H27N3O3/c1-35-25-14-12-22(13-15-25)28(33)23-16-18-31(19-17-23)29(34)26-20-32(24-10-6-3-7-11-24)30-27(26)21-8-4-2-5-9-21/h2-15,20,23H,16-19H2,1H3. The molecule has 2 heterocycles. The van der Waals surface area contributed by atoms with E-state index in [2.05, 4.69) is 0 Å². The van der Waals surface area contributed by atoms with Crippen LogP contribution in [0.2, 0.25) is 0 Å². The number of amides is 1. The predicted octanol–water partition coefficient (Wildman–Crippen LogP) is 5.28. The van der Waals surface area contributed by atoms with Gasteiger partial charge in [-0.1, -0.05) is 48.5 Å². The van der Waals surface area contributed by atoms with Crippen LogP contribution in [-0.4, -0.2) is 46.6 Å². The molecule has 0 bridgehead atoms. The van der Waals surface area contributed by atoms with E-state index >= 15 is 0 Å². The monoisotopic (exact) mass is 465 g/mol. The molecule has 0 unspecified atom stereocenters. The second kappa shape index (κ2) is 9.97. The number of methoxy groups -OCH3 is 1. The van der Waals surface area contributed by atoms with Crippen molar-refractivity contribution in [2.75, 3.05) is 20.2 Å². The third kappa shape index (κ3) is 4.73. The third-order valence-corrected chi connectivity index (χ3v) is 6.54. The van der Waals surface area contributed by atoms with Gasteiger partial charge < -0.3 is 9.64 Å². The van der Waals surface area contributed by atoms with Crippen LogP contribution in [-0.2, 0) is 0 Å². The van der Waals surface area contributed by atoms with E-state index < -0.39 is 0 Å². The number of benzene rings is 3. The molecule has 176 valence electrons. The summed E-state index contributed by atoms with van der Waals surface area (Å²) < 4.78 is 6.95. The molecule has 0 N–H and O–H groups in total. The Morgan fingerprint density at radius 1 is 0.857 bits per heavy atom. The van der Waals surface area contributed by atoms with E-state index in [1.165, 1.54) is 0 Å². The first kappa shape index (κ1) is 22.6. The number of aromatic nitrogens is 2. The fourth-order valence-electron chi connectivity index (χ4n) is 4.56. The Kier molecular flexibility index (Phi) is 6.44. The lowest BCUT2D eigenvalue weighted by Crippen LogP contribution is -2.40. The molecular formula is C29H27N3O3. The van der Waals surface area contributed by atoms with Gasteiger partial charge in [0, 0.05) is 36.3 Å². The topological polar surface area (TPSA) is 64.4 Å². The van der Waals surface area contributed by atoms with Gasteiger partial charge in [0.2, 0.25) is 0 Å². The third-order valence-electron chi connectivity index (χ3n) is 6.54. The molecule has 0 atom stereocenters. The van der Waals surface area contributed by atoms with E-state index in [0.717, 1.165) is 17.0 Å². The van der Waals surface area contributed by atoms with Gasteiger partial charge in [0.05, 0.1) is 18.4 Å². The Hall–Kier alpha value is -4.19. The Bertz CT molecular complexity index is 1310. The number of likely N-dealkylation sites (tertiary alicyclic amines) is 1. The molecule has 0 radical (unpaired) electrons. The van der Waals surface area contributed by atoms with Crippen LogP contribution < -0.4 is 4.74 Å². The molecule has 0 aliphatic carbocycles. The van der Waals surface area contributed by atoms with E-state index in [0.29, 0.717) is 42.8 Å². The Morgan fingerprint density at radius 3 is 2.11 bits per heavy atom. The van der Waals surface area contributed by atoms with Gasteiger partial charge in [-0.2, -0.15) is 5.10 Å². The summed E-state index contributed by atoms with van der Waals surface area (Å²) in [6.45, 7) is 1.08. The lowest BCUT2D eigenvalue weighted by molar-refractivity contribution is 0.0651. The van der Waals surface area contributed by atoms with Gasteiger partial charge in [0.1, 0.15) is 11.4 Å². The highest BCUT2D eigenvalue weighted by molar-refractivity contribution is 6.01. The maximum atomic E-state index is 13.6. The number of piperidine rings is 1. The van der Waals surface area contributed by atoms with E-state index in [9.17, 15) is 9.59 Å². The van der Waals surface area contributed by atoms with Gasteiger partial charge in [-0.05, 0) is 49.2 Å². The van der Waals surface area contributed by atoms with Crippen molar-refractivity contribution in [2.24, 2.45) is 5.92 Å². The van der Waals surface area contributed by atoms with Crippen LogP contribution in [0.1, 0.15) is 33.6 Å². The van der Waals surface area contributed by atoms with E-state index in [1.54, 1.807) is 23.9 Å². The second-order valence-electron chi connectivity index (χ2n) is 8.70. The van der Waals surface area contributed by atoms with Crippen LogP contribution in [0.15, 0.2) is 91.1 Å². The van der Waals surface area contributed by atoms with Gasteiger partial charge in [0.15, 0.2) is 5.78 Å². The van der Waals surface area contributed by atoms with Crippen molar-refractivity contribution < 1.29 is 14.3 Å². The minimum Gasteiger partial charge on any atom is -0.497 e. The molecule has 3 aromatic carbocycles. The summed E-state index contributed by atoms with van der Waals surface area (Å²) in [6, 6.07) is 26.8. The van der Waals surface area contributed by atoms with Crippen molar-refractivity contribution in [1.82, 2.24) is 14.7 Å². The van der Waals surface area contributed by atoms with Gasteiger partial charge in [-0.25, -0.2) is 4.68 Å². The first-order chi connectivity index (χ1) is 17.1. The van der Waals surface area contributed by atoms with Gasteiger partial charge >= 0.3 is 0 Å². The number of para-hydroxylation sites is 1. The van der Waals surface area contributed by atoms with Gasteiger partial charge in [0.25, 0.3) is 5.91 Å². The summed E-state index contributed by atoms with van der Waals surface area (Å²) in [5.41, 5.74) is 3.71. The quantitative estimate of drug-likeness (QED) is 0.363. The Labute approximate surface area is 204 Å². The van der Waals surface area contributed by atoms with Crippen LogP contribution in [0.25, 0.3) is 16.9 Å². The number of ketones is 1. The Balaban J connectivity index is 1.35. The number of carbonyl (C=O) groups excluding carboxylic acids is 2. The number of hydrogen-bond donors (Lipinski definition) is 0. The molecule has 4 aromatic rings. The van der Waals surface area contributed by atoms with Crippen molar-refractivity contribution in [1.29, 1.82) is 0 Å². The fourth-order valence-corrected chi connectivity index (χ4v) is 4.56. The van der Waals surface area contributed by atoms with Crippen molar-refractivity contribution in [2.45, 2.75) is 12.8 Å². The van der Waals surface area contributed by atoms with Crippen molar-refractivity contribution >= 4 is 11.7 Å². The van der Waals surface area contributed by atoms with Crippen LogP contribution in [0.4, 0.5) is 0 Å². The molecule has 0 spiro atoms. The summed E-state index contributed by atoms with van der Waals surface area (Å²) in [5, 5.41) is 4.77. The average Bonchev–Trinajstić information content (AvgIpc) is 3.39. The van der Waals surface area contributed by atoms with Gasteiger partial charge in [-0.15, -0.1) is 0 Å². The molecule has 6 nitrogen and oxygen atoms in total.